The molecule has 10 aromatic carbocycles. The van der Waals surface area contributed by atoms with Crippen LogP contribution in [0.3, 0.4) is 0 Å². The highest BCUT2D eigenvalue weighted by Crippen LogP contribution is 2.52. The lowest BCUT2D eigenvalue weighted by molar-refractivity contribution is 0.660. The first-order valence-corrected chi connectivity index (χ1v) is 22.6. The molecule has 1 aliphatic rings. The molecule has 308 valence electrons. The highest BCUT2D eigenvalue weighted by molar-refractivity contribution is 6.11. The maximum atomic E-state index is 2.47. The van der Waals surface area contributed by atoms with Crippen molar-refractivity contribution in [2.75, 3.05) is 4.90 Å². The Morgan fingerprint density at radius 2 is 0.692 bits per heavy atom. The molecule has 2 heteroatoms. The van der Waals surface area contributed by atoms with Crippen molar-refractivity contribution in [1.29, 1.82) is 0 Å². The topological polar surface area (TPSA) is 8.17 Å². The first-order chi connectivity index (χ1) is 32.0. The van der Waals surface area contributed by atoms with Gasteiger partial charge in [-0.3, -0.25) is 0 Å². The van der Waals surface area contributed by atoms with Gasteiger partial charge in [0.1, 0.15) is 0 Å². The lowest BCUT2D eigenvalue weighted by atomic mass is 9.82. The van der Waals surface area contributed by atoms with Gasteiger partial charge in [0, 0.05) is 38.9 Å². The van der Waals surface area contributed by atoms with Gasteiger partial charge in [-0.05, 0) is 140 Å². The van der Waals surface area contributed by atoms with Crippen molar-refractivity contribution in [3.05, 3.63) is 254 Å². The molecule has 12 rings (SSSR count). The molecule has 0 N–H and O–H groups in total. The van der Waals surface area contributed by atoms with Crippen LogP contribution in [0.5, 0.6) is 0 Å². The quantitative estimate of drug-likeness (QED) is 0.148. The van der Waals surface area contributed by atoms with Gasteiger partial charge in [0.2, 0.25) is 0 Å². The summed E-state index contributed by atoms with van der Waals surface area (Å²) >= 11 is 0. The largest absolute Gasteiger partial charge is 0.310 e. The average molecular weight is 831 g/mol. The second-order valence-electron chi connectivity index (χ2n) is 17.8. The van der Waals surface area contributed by atoms with Crippen molar-refractivity contribution in [3.63, 3.8) is 0 Å². The van der Waals surface area contributed by atoms with Gasteiger partial charge in [0.25, 0.3) is 0 Å². The van der Waals surface area contributed by atoms with Crippen molar-refractivity contribution in [1.82, 2.24) is 4.57 Å². The number of hydrogen-bond donors (Lipinski definition) is 0. The highest BCUT2D eigenvalue weighted by Gasteiger charge is 2.37. The van der Waals surface area contributed by atoms with Crippen LogP contribution >= 0.6 is 0 Å². The summed E-state index contributed by atoms with van der Waals surface area (Å²) in [5.41, 5.74) is 21.6. The fourth-order valence-electron chi connectivity index (χ4n) is 10.3. The summed E-state index contributed by atoms with van der Waals surface area (Å²) in [5, 5.41) is 2.50. The lowest BCUT2D eigenvalue weighted by Crippen LogP contribution is -2.17. The SMILES string of the molecule is CC1(C)c2cc(N(c3cccc(-c4ccccc4)c3)c3cccc(-c4ccccc4)c3)ccc2-c2ccc(-n3c4ccc(-c5ccccc5)cc4c4cc(-c5ccccc5)ccc43)cc21. The standard InChI is InChI=1S/C63H46N2/c1-63(2)59-41-53(64(51-27-15-25-47(37-51)43-17-7-3-8-18-43)52-28-16-26-48(38-52)44-19-9-4-10-20-44)31-33-55(59)56-34-32-54(42-60(56)63)65-61-35-29-49(45-21-11-5-12-22-45)39-57(61)58-40-50(30-36-62(58)65)46-23-13-6-14-24-46/h3-42H,1-2H3. The zero-order valence-electron chi connectivity index (χ0n) is 36.5. The van der Waals surface area contributed by atoms with Crippen LogP contribution in [0.1, 0.15) is 25.0 Å². The van der Waals surface area contributed by atoms with Gasteiger partial charge in [-0.2, -0.15) is 0 Å². The second-order valence-corrected chi connectivity index (χ2v) is 17.8. The van der Waals surface area contributed by atoms with Gasteiger partial charge in [0.15, 0.2) is 0 Å². The molecule has 1 aliphatic carbocycles. The summed E-state index contributed by atoms with van der Waals surface area (Å²) in [6.07, 6.45) is 0. The summed E-state index contributed by atoms with van der Waals surface area (Å²) in [5.74, 6) is 0. The number of aromatic nitrogens is 1. The van der Waals surface area contributed by atoms with Crippen LogP contribution in [0.2, 0.25) is 0 Å². The van der Waals surface area contributed by atoms with Crippen LogP contribution in [0.4, 0.5) is 17.1 Å². The maximum absolute atomic E-state index is 2.47. The molecule has 0 amide bonds. The van der Waals surface area contributed by atoms with E-state index in [9.17, 15) is 0 Å². The van der Waals surface area contributed by atoms with E-state index in [1.165, 1.54) is 94.3 Å². The Morgan fingerprint density at radius 3 is 1.15 bits per heavy atom. The zero-order chi connectivity index (χ0) is 43.5. The Hall–Kier alpha value is -8.20. The van der Waals surface area contributed by atoms with Crippen LogP contribution in [0, 0.1) is 0 Å². The first-order valence-electron chi connectivity index (χ1n) is 22.6. The Kier molecular flexibility index (Phi) is 9.21. The third kappa shape index (κ3) is 6.65. The molecule has 2 nitrogen and oxygen atoms in total. The predicted molar refractivity (Wildman–Crippen MR) is 275 cm³/mol. The summed E-state index contributed by atoms with van der Waals surface area (Å²) in [4.78, 5) is 2.43. The average Bonchev–Trinajstić information content (AvgIpc) is 3.81. The molecular formula is C63H46N2. The van der Waals surface area contributed by atoms with Crippen molar-refractivity contribution in [3.8, 4) is 61.3 Å². The van der Waals surface area contributed by atoms with Gasteiger partial charge in [-0.15, -0.1) is 0 Å². The monoisotopic (exact) mass is 830 g/mol. The normalized spacial score (nSPS) is 12.6. The molecule has 1 aromatic heterocycles. The Bertz CT molecular complexity index is 3370. The van der Waals surface area contributed by atoms with E-state index in [4.69, 9.17) is 0 Å². The van der Waals surface area contributed by atoms with Crippen molar-refractivity contribution in [2.45, 2.75) is 19.3 Å². The first kappa shape index (κ1) is 38.5. The molecule has 0 saturated heterocycles. The molecule has 0 unspecified atom stereocenters. The summed E-state index contributed by atoms with van der Waals surface area (Å²) in [6, 6.07) is 88.8. The van der Waals surface area contributed by atoms with Gasteiger partial charge >= 0.3 is 0 Å². The van der Waals surface area contributed by atoms with Crippen LogP contribution in [-0.4, -0.2) is 4.57 Å². The lowest BCUT2D eigenvalue weighted by Gasteiger charge is -2.29. The van der Waals surface area contributed by atoms with E-state index in [-0.39, 0.29) is 5.41 Å². The van der Waals surface area contributed by atoms with Crippen molar-refractivity contribution < 1.29 is 0 Å². The zero-order valence-corrected chi connectivity index (χ0v) is 36.5. The smallest absolute Gasteiger partial charge is 0.0541 e. The van der Waals surface area contributed by atoms with Gasteiger partial charge in [-0.25, -0.2) is 0 Å². The molecule has 0 spiro atoms. The molecule has 65 heavy (non-hydrogen) atoms. The Balaban J connectivity index is 0.988. The Morgan fingerprint density at radius 1 is 0.308 bits per heavy atom. The van der Waals surface area contributed by atoms with Crippen LogP contribution in [0.25, 0.3) is 83.1 Å². The number of anilines is 3. The minimum Gasteiger partial charge on any atom is -0.310 e. The van der Waals surface area contributed by atoms with E-state index >= 15 is 0 Å². The summed E-state index contributed by atoms with van der Waals surface area (Å²) < 4.78 is 2.47. The van der Waals surface area contributed by atoms with E-state index in [0.717, 1.165) is 17.1 Å². The summed E-state index contributed by atoms with van der Waals surface area (Å²) in [6.45, 7) is 4.79. The number of fused-ring (bicyclic) bond motifs is 6. The maximum Gasteiger partial charge on any atom is 0.0541 e. The fraction of sp³-hybridized carbons (Fsp3) is 0.0476. The molecule has 0 radical (unpaired) electrons. The molecule has 0 aliphatic heterocycles. The summed E-state index contributed by atoms with van der Waals surface area (Å²) in [7, 11) is 0. The molecule has 0 atom stereocenters. The number of rotatable bonds is 8. The molecule has 0 bridgehead atoms. The molecule has 0 fully saturated rings. The van der Waals surface area contributed by atoms with Crippen LogP contribution < -0.4 is 4.90 Å². The van der Waals surface area contributed by atoms with Gasteiger partial charge in [0.05, 0.1) is 11.0 Å². The molecule has 1 heterocycles. The van der Waals surface area contributed by atoms with Crippen LogP contribution in [0.15, 0.2) is 243 Å². The van der Waals surface area contributed by atoms with Crippen LogP contribution in [-0.2, 0) is 5.41 Å². The van der Waals surface area contributed by atoms with E-state index in [0.29, 0.717) is 0 Å². The fourth-order valence-corrected chi connectivity index (χ4v) is 10.3. The number of nitrogens with zero attached hydrogens (tertiary/aromatic N) is 2. The van der Waals surface area contributed by atoms with Gasteiger partial charge < -0.3 is 9.47 Å². The third-order valence-electron chi connectivity index (χ3n) is 13.6. The van der Waals surface area contributed by atoms with Crippen molar-refractivity contribution in [2.24, 2.45) is 0 Å². The van der Waals surface area contributed by atoms with Gasteiger partial charge in [-0.1, -0.05) is 184 Å². The predicted octanol–water partition coefficient (Wildman–Crippen LogP) is 17.2. The third-order valence-corrected chi connectivity index (χ3v) is 13.6. The molecular weight excluding hydrogens is 785 g/mol. The minimum atomic E-state index is -0.264. The molecule has 11 aromatic rings. The highest BCUT2D eigenvalue weighted by atomic mass is 15.1. The van der Waals surface area contributed by atoms with E-state index in [2.05, 4.69) is 266 Å². The molecule has 0 saturated carbocycles. The second kappa shape index (κ2) is 15.6. The van der Waals surface area contributed by atoms with E-state index < -0.39 is 0 Å². The van der Waals surface area contributed by atoms with Crippen molar-refractivity contribution >= 4 is 38.9 Å². The van der Waals surface area contributed by atoms with E-state index in [1.807, 2.05) is 0 Å². The van der Waals surface area contributed by atoms with E-state index in [1.54, 1.807) is 0 Å². The Labute approximate surface area is 381 Å². The number of hydrogen-bond acceptors (Lipinski definition) is 1. The number of benzene rings is 10. The minimum absolute atomic E-state index is 0.264.